The zero-order chi connectivity index (χ0) is 23.8. The summed E-state index contributed by atoms with van der Waals surface area (Å²) in [6.45, 7) is 4.61. The van der Waals surface area contributed by atoms with E-state index in [9.17, 15) is 20.1 Å². The first kappa shape index (κ1) is 24.3. The SMILES string of the molecule is CCC(CC(C)C(=O)OCC(O)Cc1ccc(O)c(O)c1)n1cc[n+](Cc2ccccc2)c1. The van der Waals surface area contributed by atoms with Gasteiger partial charge in [-0.3, -0.25) is 4.79 Å². The molecule has 1 heterocycles. The Morgan fingerprint density at radius 2 is 1.85 bits per heavy atom. The van der Waals surface area contributed by atoms with E-state index in [1.165, 1.54) is 17.7 Å². The van der Waals surface area contributed by atoms with Gasteiger partial charge in [-0.15, -0.1) is 0 Å². The highest BCUT2D eigenvalue weighted by Crippen LogP contribution is 2.25. The van der Waals surface area contributed by atoms with Gasteiger partial charge >= 0.3 is 5.97 Å². The lowest BCUT2D eigenvalue weighted by atomic mass is 10.00. The molecule has 176 valence electrons. The number of hydrogen-bond acceptors (Lipinski definition) is 5. The molecule has 0 spiro atoms. The number of phenols is 2. The summed E-state index contributed by atoms with van der Waals surface area (Å²) >= 11 is 0. The van der Waals surface area contributed by atoms with Crippen LogP contribution in [0, 0.1) is 5.92 Å². The third kappa shape index (κ3) is 7.08. The predicted molar refractivity (Wildman–Crippen MR) is 124 cm³/mol. The van der Waals surface area contributed by atoms with Gasteiger partial charge < -0.3 is 20.1 Å². The smallest absolute Gasteiger partial charge is 0.308 e. The lowest BCUT2D eigenvalue weighted by Crippen LogP contribution is -2.32. The molecule has 3 N–H and O–H groups in total. The second-order valence-corrected chi connectivity index (χ2v) is 8.53. The number of esters is 1. The van der Waals surface area contributed by atoms with Gasteiger partial charge in [0.05, 0.1) is 12.0 Å². The van der Waals surface area contributed by atoms with E-state index in [2.05, 4.69) is 34.5 Å². The summed E-state index contributed by atoms with van der Waals surface area (Å²) in [4.78, 5) is 12.5. The number of carbonyl (C=O) groups excluding carboxylic acids is 1. The van der Waals surface area contributed by atoms with Crippen LogP contribution in [0.4, 0.5) is 0 Å². The van der Waals surface area contributed by atoms with Gasteiger partial charge in [0.1, 0.15) is 31.6 Å². The molecule has 0 bridgehead atoms. The van der Waals surface area contributed by atoms with Crippen molar-refractivity contribution in [3.8, 4) is 11.5 Å². The van der Waals surface area contributed by atoms with Crippen molar-refractivity contribution in [1.29, 1.82) is 0 Å². The number of phenolic OH excluding ortho intramolecular Hbond substituents is 2. The third-order valence-electron chi connectivity index (χ3n) is 5.77. The van der Waals surface area contributed by atoms with Crippen molar-refractivity contribution in [2.45, 2.75) is 51.8 Å². The molecule has 0 saturated heterocycles. The maximum Gasteiger partial charge on any atom is 0.308 e. The van der Waals surface area contributed by atoms with Gasteiger partial charge in [-0.1, -0.05) is 50.2 Å². The molecule has 33 heavy (non-hydrogen) atoms. The van der Waals surface area contributed by atoms with Crippen LogP contribution in [0.15, 0.2) is 67.3 Å². The van der Waals surface area contributed by atoms with E-state index in [1.54, 1.807) is 6.07 Å². The fourth-order valence-electron chi connectivity index (χ4n) is 3.87. The quantitative estimate of drug-likeness (QED) is 0.235. The molecule has 3 atom stereocenters. The average Bonchev–Trinajstić information content (AvgIpc) is 3.27. The van der Waals surface area contributed by atoms with E-state index in [0.29, 0.717) is 12.0 Å². The molecule has 0 aliphatic rings. The second kappa shape index (κ2) is 11.5. The summed E-state index contributed by atoms with van der Waals surface area (Å²) in [5, 5.41) is 29.1. The average molecular weight is 454 g/mol. The molecule has 1 aromatic heterocycles. The highest BCUT2D eigenvalue weighted by Gasteiger charge is 2.24. The molecule has 0 fully saturated rings. The van der Waals surface area contributed by atoms with Crippen LogP contribution in [0.5, 0.6) is 11.5 Å². The maximum absolute atomic E-state index is 12.5. The van der Waals surface area contributed by atoms with Crippen molar-refractivity contribution < 1.29 is 29.4 Å². The number of ether oxygens (including phenoxy) is 1. The third-order valence-corrected chi connectivity index (χ3v) is 5.77. The van der Waals surface area contributed by atoms with Crippen LogP contribution in [0.3, 0.4) is 0 Å². The van der Waals surface area contributed by atoms with Crippen LogP contribution >= 0.6 is 0 Å². The summed E-state index contributed by atoms with van der Waals surface area (Å²) in [6, 6.07) is 14.8. The zero-order valence-electron chi connectivity index (χ0n) is 19.2. The summed E-state index contributed by atoms with van der Waals surface area (Å²) < 4.78 is 9.60. The van der Waals surface area contributed by atoms with Crippen LogP contribution in [-0.2, 0) is 22.5 Å². The van der Waals surface area contributed by atoms with Gasteiger partial charge in [0.25, 0.3) is 0 Å². The number of carbonyl (C=O) groups is 1. The molecule has 3 aromatic rings. The Morgan fingerprint density at radius 1 is 1.09 bits per heavy atom. The molecule has 0 radical (unpaired) electrons. The topological polar surface area (TPSA) is 95.8 Å². The highest BCUT2D eigenvalue weighted by molar-refractivity contribution is 5.72. The Bertz CT molecular complexity index is 1030. The lowest BCUT2D eigenvalue weighted by molar-refractivity contribution is -0.688. The van der Waals surface area contributed by atoms with Gasteiger partial charge in [-0.2, -0.15) is 0 Å². The minimum atomic E-state index is -0.895. The van der Waals surface area contributed by atoms with E-state index >= 15 is 0 Å². The van der Waals surface area contributed by atoms with Gasteiger partial charge in [0.2, 0.25) is 6.33 Å². The minimum absolute atomic E-state index is 0.123. The fraction of sp³-hybridized carbons (Fsp3) is 0.385. The molecular weight excluding hydrogens is 420 g/mol. The predicted octanol–water partition coefficient (Wildman–Crippen LogP) is 3.36. The van der Waals surface area contributed by atoms with Gasteiger partial charge in [0, 0.05) is 12.8 Å². The normalized spacial score (nSPS) is 13.9. The van der Waals surface area contributed by atoms with Crippen molar-refractivity contribution in [3.05, 3.63) is 78.4 Å². The molecular formula is C26H33N2O5+. The summed E-state index contributed by atoms with van der Waals surface area (Å²) in [7, 11) is 0. The second-order valence-electron chi connectivity index (χ2n) is 8.53. The Labute approximate surface area is 194 Å². The molecule has 0 saturated carbocycles. The number of nitrogens with zero attached hydrogens (tertiary/aromatic N) is 2. The largest absolute Gasteiger partial charge is 0.504 e. The van der Waals surface area contributed by atoms with Crippen molar-refractivity contribution >= 4 is 5.97 Å². The van der Waals surface area contributed by atoms with Gasteiger partial charge in [-0.25, -0.2) is 9.13 Å². The van der Waals surface area contributed by atoms with E-state index < -0.39 is 6.10 Å². The van der Waals surface area contributed by atoms with E-state index in [-0.39, 0.29) is 42.5 Å². The fourth-order valence-corrected chi connectivity index (χ4v) is 3.87. The molecule has 3 rings (SSSR count). The minimum Gasteiger partial charge on any atom is -0.504 e. The van der Waals surface area contributed by atoms with Crippen LogP contribution in [-0.4, -0.2) is 38.6 Å². The Morgan fingerprint density at radius 3 is 2.55 bits per heavy atom. The van der Waals surface area contributed by atoms with Crippen LogP contribution < -0.4 is 4.57 Å². The first-order chi connectivity index (χ1) is 15.9. The number of hydrogen-bond donors (Lipinski definition) is 3. The maximum atomic E-state index is 12.5. The lowest BCUT2D eigenvalue weighted by Gasteiger charge is -2.18. The Balaban J connectivity index is 1.48. The number of rotatable bonds is 11. The number of aliphatic hydroxyl groups excluding tert-OH is 1. The van der Waals surface area contributed by atoms with Crippen molar-refractivity contribution in [1.82, 2.24) is 4.57 Å². The molecule has 7 nitrogen and oxygen atoms in total. The highest BCUT2D eigenvalue weighted by atomic mass is 16.5. The van der Waals surface area contributed by atoms with Crippen LogP contribution in [0.1, 0.15) is 43.9 Å². The van der Waals surface area contributed by atoms with Crippen molar-refractivity contribution in [2.75, 3.05) is 6.61 Å². The molecule has 3 unspecified atom stereocenters. The summed E-state index contributed by atoms with van der Waals surface area (Å²) in [5.74, 6) is -1.12. The van der Waals surface area contributed by atoms with Crippen LogP contribution in [0.2, 0.25) is 0 Å². The number of aliphatic hydroxyl groups is 1. The molecule has 0 aliphatic carbocycles. The number of benzene rings is 2. The Kier molecular flexibility index (Phi) is 8.49. The van der Waals surface area contributed by atoms with E-state index in [0.717, 1.165) is 13.0 Å². The van der Waals surface area contributed by atoms with Gasteiger partial charge in [-0.05, 0) is 29.7 Å². The first-order valence-corrected chi connectivity index (χ1v) is 11.3. The summed E-state index contributed by atoms with van der Waals surface area (Å²) in [5.41, 5.74) is 1.87. The number of aromatic hydroxyl groups is 2. The zero-order valence-corrected chi connectivity index (χ0v) is 19.2. The van der Waals surface area contributed by atoms with E-state index in [1.807, 2.05) is 37.5 Å². The van der Waals surface area contributed by atoms with E-state index in [4.69, 9.17) is 4.74 Å². The molecule has 7 heteroatoms. The molecule has 0 aliphatic heterocycles. The molecule has 0 amide bonds. The monoisotopic (exact) mass is 453 g/mol. The number of aromatic nitrogens is 2. The number of imidazole rings is 1. The summed E-state index contributed by atoms with van der Waals surface area (Å²) in [6.07, 6.45) is 6.96. The van der Waals surface area contributed by atoms with Gasteiger partial charge in [0.15, 0.2) is 11.5 Å². The first-order valence-electron chi connectivity index (χ1n) is 11.3. The van der Waals surface area contributed by atoms with Crippen molar-refractivity contribution in [2.24, 2.45) is 5.92 Å². The molecule has 2 aromatic carbocycles. The standard InChI is InChI=1S/C26H32N2O5/c1-3-22(28-12-11-27(18-28)16-20-7-5-4-6-8-20)13-19(2)26(32)33-17-23(29)14-21-9-10-24(30)25(31)15-21/h4-12,15,18-19,22-23,29H,3,13-14,16-17H2,1-2H3,(H-,30,31)/p+1. The van der Waals surface area contributed by atoms with Crippen LogP contribution in [0.25, 0.3) is 0 Å². The van der Waals surface area contributed by atoms with Crippen molar-refractivity contribution in [3.63, 3.8) is 0 Å². The Hall–Kier alpha value is -3.32.